The number of carbonyl (C=O) groups is 2. The number of ether oxygens (including phenoxy) is 1. The number of halogens is 1. The number of nitrogens with one attached hydrogen (secondary N) is 1. The lowest BCUT2D eigenvalue weighted by molar-refractivity contribution is -0.121. The van der Waals surface area contributed by atoms with Crippen molar-refractivity contribution >= 4 is 27.8 Å². The van der Waals surface area contributed by atoms with Crippen molar-refractivity contribution in [2.75, 3.05) is 5.33 Å². The molecule has 1 aromatic rings. The molecule has 1 aromatic carbocycles. The molecule has 0 aliphatic heterocycles. The van der Waals surface area contributed by atoms with Crippen LogP contribution in [-0.4, -0.2) is 23.2 Å². The second kappa shape index (κ2) is 8.17. The van der Waals surface area contributed by atoms with Crippen LogP contribution in [0.25, 0.3) is 0 Å². The maximum absolute atomic E-state index is 11.7. The second-order valence-electron chi connectivity index (χ2n) is 5.35. The molecule has 1 amide bonds. The molecule has 1 aliphatic carbocycles. The molecule has 1 aliphatic rings. The van der Waals surface area contributed by atoms with Crippen LogP contribution in [0.15, 0.2) is 30.3 Å². The van der Waals surface area contributed by atoms with E-state index in [1.807, 2.05) is 30.3 Å². The molecule has 1 saturated carbocycles. The lowest BCUT2D eigenvalue weighted by Crippen LogP contribution is -2.39. The van der Waals surface area contributed by atoms with Gasteiger partial charge in [0.15, 0.2) is 0 Å². The summed E-state index contributed by atoms with van der Waals surface area (Å²) in [5.74, 6) is 0.405. The topological polar surface area (TPSA) is 55.4 Å². The summed E-state index contributed by atoms with van der Waals surface area (Å²) in [5, 5.41) is 3.31. The highest BCUT2D eigenvalue weighted by Gasteiger charge is 2.26. The Bertz CT molecular complexity index is 470. The maximum atomic E-state index is 11.7. The van der Waals surface area contributed by atoms with Gasteiger partial charge in [0.2, 0.25) is 0 Å². The molecule has 0 heterocycles. The fraction of sp³-hybridized carbons (Fsp3) is 0.500. The largest absolute Gasteiger partial charge is 0.445 e. The zero-order chi connectivity index (χ0) is 15.1. The van der Waals surface area contributed by atoms with Crippen LogP contribution in [0.2, 0.25) is 0 Å². The Kier molecular flexibility index (Phi) is 6.23. The average molecular weight is 354 g/mol. The van der Waals surface area contributed by atoms with Gasteiger partial charge in [0.1, 0.15) is 12.4 Å². The van der Waals surface area contributed by atoms with Gasteiger partial charge in [-0.1, -0.05) is 46.3 Å². The van der Waals surface area contributed by atoms with E-state index in [2.05, 4.69) is 21.2 Å². The van der Waals surface area contributed by atoms with E-state index >= 15 is 0 Å². The summed E-state index contributed by atoms with van der Waals surface area (Å²) in [4.78, 5) is 23.3. The Balaban J connectivity index is 1.68. The number of rotatable bonds is 5. The zero-order valence-electron chi connectivity index (χ0n) is 11.9. The number of benzene rings is 1. The summed E-state index contributed by atoms with van der Waals surface area (Å²) < 4.78 is 5.20. The summed E-state index contributed by atoms with van der Waals surface area (Å²) in [7, 11) is 0. The number of amides is 1. The molecule has 114 valence electrons. The number of carbonyl (C=O) groups excluding carboxylic acids is 2. The summed E-state index contributed by atoms with van der Waals surface area (Å²) in [6.07, 6.45) is 2.98. The van der Waals surface area contributed by atoms with Crippen molar-refractivity contribution in [2.45, 2.75) is 38.3 Å². The molecule has 1 fully saturated rings. The highest BCUT2D eigenvalue weighted by molar-refractivity contribution is 9.09. The molecular weight excluding hydrogens is 334 g/mol. The molecule has 0 saturated heterocycles. The average Bonchev–Trinajstić information content (AvgIpc) is 2.54. The third kappa shape index (κ3) is 5.16. The van der Waals surface area contributed by atoms with E-state index in [4.69, 9.17) is 4.74 Å². The quantitative estimate of drug-likeness (QED) is 0.825. The molecule has 4 nitrogen and oxygen atoms in total. The number of Topliss-reactive ketones (excluding diaryl/α,β-unsaturated/α-hetero) is 1. The number of hydrogen-bond acceptors (Lipinski definition) is 3. The van der Waals surface area contributed by atoms with E-state index in [1.165, 1.54) is 0 Å². The summed E-state index contributed by atoms with van der Waals surface area (Å²) in [5.41, 5.74) is 0.972. The lowest BCUT2D eigenvalue weighted by Gasteiger charge is -2.27. The predicted octanol–water partition coefficient (Wildman–Crippen LogP) is 3.44. The van der Waals surface area contributed by atoms with Crippen molar-refractivity contribution in [3.63, 3.8) is 0 Å². The van der Waals surface area contributed by atoms with Crippen molar-refractivity contribution in [3.05, 3.63) is 35.9 Å². The SMILES string of the molecule is O=C(N[C@H]1CC[C@H](C(=O)CBr)CC1)OCc1ccccc1. The van der Waals surface area contributed by atoms with Gasteiger partial charge in [-0.15, -0.1) is 0 Å². The number of alkyl carbamates (subject to hydrolysis) is 1. The van der Waals surface area contributed by atoms with Crippen LogP contribution >= 0.6 is 15.9 Å². The minimum absolute atomic E-state index is 0.118. The molecule has 5 heteroatoms. The van der Waals surface area contributed by atoms with Gasteiger partial charge < -0.3 is 10.1 Å². The highest BCUT2D eigenvalue weighted by Crippen LogP contribution is 2.25. The Morgan fingerprint density at radius 3 is 2.43 bits per heavy atom. The van der Waals surface area contributed by atoms with Crippen LogP contribution in [0.1, 0.15) is 31.2 Å². The zero-order valence-corrected chi connectivity index (χ0v) is 13.5. The minimum Gasteiger partial charge on any atom is -0.445 e. The Morgan fingerprint density at radius 2 is 1.81 bits per heavy atom. The molecule has 0 atom stereocenters. The highest BCUT2D eigenvalue weighted by atomic mass is 79.9. The third-order valence-electron chi connectivity index (χ3n) is 3.85. The maximum Gasteiger partial charge on any atom is 0.407 e. The molecule has 21 heavy (non-hydrogen) atoms. The predicted molar refractivity (Wildman–Crippen MR) is 84.3 cm³/mol. The van der Waals surface area contributed by atoms with Crippen LogP contribution in [0.3, 0.4) is 0 Å². The van der Waals surface area contributed by atoms with Gasteiger partial charge in [-0.2, -0.15) is 0 Å². The number of alkyl halides is 1. The van der Waals surface area contributed by atoms with Gasteiger partial charge in [-0.3, -0.25) is 4.79 Å². The molecule has 0 aromatic heterocycles. The van der Waals surface area contributed by atoms with Gasteiger partial charge in [0, 0.05) is 12.0 Å². The van der Waals surface area contributed by atoms with E-state index in [0.29, 0.717) is 5.33 Å². The molecule has 0 radical (unpaired) electrons. The van der Waals surface area contributed by atoms with E-state index < -0.39 is 0 Å². The fourth-order valence-electron chi connectivity index (χ4n) is 2.60. The van der Waals surface area contributed by atoms with Crippen molar-refractivity contribution < 1.29 is 14.3 Å². The van der Waals surface area contributed by atoms with E-state index in [9.17, 15) is 9.59 Å². The number of ketones is 1. The molecule has 0 unspecified atom stereocenters. The van der Waals surface area contributed by atoms with Crippen molar-refractivity contribution in [1.82, 2.24) is 5.32 Å². The third-order valence-corrected chi connectivity index (χ3v) is 4.40. The standard InChI is InChI=1S/C16H20BrNO3/c17-10-15(19)13-6-8-14(9-7-13)18-16(20)21-11-12-4-2-1-3-5-12/h1-5,13-14H,6-11H2,(H,18,20)/t13-,14-. The lowest BCUT2D eigenvalue weighted by atomic mass is 9.84. The molecule has 0 bridgehead atoms. The fourth-order valence-corrected chi connectivity index (χ4v) is 3.06. The van der Waals surface area contributed by atoms with E-state index in [-0.39, 0.29) is 30.4 Å². The van der Waals surface area contributed by atoms with Crippen LogP contribution in [0.5, 0.6) is 0 Å². The van der Waals surface area contributed by atoms with Crippen LogP contribution in [0.4, 0.5) is 4.79 Å². The normalized spacial score (nSPS) is 21.6. The van der Waals surface area contributed by atoms with Crippen molar-refractivity contribution in [2.24, 2.45) is 5.92 Å². The Labute approximate surface area is 133 Å². The summed E-state index contributed by atoms with van der Waals surface area (Å²) in [6, 6.07) is 9.72. The van der Waals surface area contributed by atoms with Crippen LogP contribution in [-0.2, 0) is 16.1 Å². The summed E-state index contributed by atoms with van der Waals surface area (Å²) in [6.45, 7) is 0.282. The Morgan fingerprint density at radius 1 is 1.14 bits per heavy atom. The summed E-state index contributed by atoms with van der Waals surface area (Å²) >= 11 is 3.21. The van der Waals surface area contributed by atoms with Crippen molar-refractivity contribution in [3.8, 4) is 0 Å². The molecular formula is C16H20BrNO3. The van der Waals surface area contributed by atoms with Crippen molar-refractivity contribution in [1.29, 1.82) is 0 Å². The van der Waals surface area contributed by atoms with Gasteiger partial charge in [0.05, 0.1) is 5.33 Å². The first kappa shape index (κ1) is 16.0. The van der Waals surface area contributed by atoms with Gasteiger partial charge in [0.25, 0.3) is 0 Å². The first-order valence-electron chi connectivity index (χ1n) is 7.25. The van der Waals surface area contributed by atoms with E-state index in [0.717, 1.165) is 31.2 Å². The second-order valence-corrected chi connectivity index (χ2v) is 5.92. The molecule has 0 spiro atoms. The van der Waals surface area contributed by atoms with E-state index in [1.54, 1.807) is 0 Å². The van der Waals surface area contributed by atoms with Gasteiger partial charge in [-0.25, -0.2) is 4.79 Å². The number of hydrogen-bond donors (Lipinski definition) is 1. The molecule has 2 rings (SSSR count). The minimum atomic E-state index is -0.380. The monoisotopic (exact) mass is 353 g/mol. The molecule has 1 N–H and O–H groups in total. The van der Waals surface area contributed by atoms with Gasteiger partial charge >= 0.3 is 6.09 Å². The first-order chi connectivity index (χ1) is 10.2. The first-order valence-corrected chi connectivity index (χ1v) is 8.37. The van der Waals surface area contributed by atoms with Gasteiger partial charge in [-0.05, 0) is 31.2 Å². The Hall–Kier alpha value is -1.36. The van der Waals surface area contributed by atoms with Crippen LogP contribution in [0, 0.1) is 5.92 Å². The smallest absolute Gasteiger partial charge is 0.407 e. The van der Waals surface area contributed by atoms with Crippen LogP contribution < -0.4 is 5.32 Å².